The molecule has 1 atom stereocenters. The molecule has 0 spiro atoms. The summed E-state index contributed by atoms with van der Waals surface area (Å²) in [7, 11) is 1.66. The molecule has 0 unspecified atom stereocenters. The minimum atomic E-state index is 0.200. The first kappa shape index (κ1) is 21.5. The van der Waals surface area contributed by atoms with Crippen LogP contribution in [0.4, 0.5) is 0 Å². The van der Waals surface area contributed by atoms with E-state index in [0.717, 1.165) is 44.0 Å². The third-order valence-electron chi connectivity index (χ3n) is 6.46. The largest absolute Gasteiger partial charge is 0.497 e. The molecule has 3 aromatic rings. The molecule has 1 aromatic heterocycles. The summed E-state index contributed by atoms with van der Waals surface area (Å²) in [5, 5.41) is 8.62. The van der Waals surface area contributed by atoms with Gasteiger partial charge in [-0.25, -0.2) is 0 Å². The zero-order chi connectivity index (χ0) is 21.8. The van der Waals surface area contributed by atoms with Crippen LogP contribution in [-0.2, 0) is 6.54 Å². The Kier molecular flexibility index (Phi) is 6.68. The molecule has 2 N–H and O–H groups in total. The first-order chi connectivity index (χ1) is 15.0. The molecule has 0 saturated carbocycles. The van der Waals surface area contributed by atoms with Crippen LogP contribution >= 0.6 is 0 Å². The summed E-state index contributed by atoms with van der Waals surface area (Å²) in [4.78, 5) is 3.17. The zero-order valence-electron chi connectivity index (χ0n) is 19.0. The number of quaternary nitrogens is 2. The lowest BCUT2D eigenvalue weighted by Crippen LogP contribution is -3.27. The van der Waals surface area contributed by atoms with Gasteiger partial charge in [0.2, 0.25) is 5.89 Å². The highest BCUT2D eigenvalue weighted by atomic mass is 16.5. The van der Waals surface area contributed by atoms with E-state index in [2.05, 4.69) is 55.2 Å². The Morgan fingerprint density at radius 1 is 0.903 bits per heavy atom. The van der Waals surface area contributed by atoms with Crippen molar-refractivity contribution in [1.29, 1.82) is 0 Å². The van der Waals surface area contributed by atoms with Gasteiger partial charge in [0.1, 0.15) is 38.5 Å². The van der Waals surface area contributed by atoms with Crippen LogP contribution in [-0.4, -0.2) is 43.5 Å². The van der Waals surface area contributed by atoms with E-state index >= 15 is 0 Å². The minimum absolute atomic E-state index is 0.200. The highest BCUT2D eigenvalue weighted by Crippen LogP contribution is 2.22. The Hall–Kier alpha value is -2.70. The molecule has 1 aliphatic heterocycles. The average Bonchev–Trinajstić information content (AvgIpc) is 3.30. The molecule has 1 fully saturated rings. The van der Waals surface area contributed by atoms with Crippen molar-refractivity contribution >= 4 is 0 Å². The fourth-order valence-electron chi connectivity index (χ4n) is 4.28. The van der Waals surface area contributed by atoms with Gasteiger partial charge in [-0.3, -0.25) is 0 Å². The summed E-state index contributed by atoms with van der Waals surface area (Å²) < 4.78 is 11.2. The van der Waals surface area contributed by atoms with Gasteiger partial charge in [-0.05, 0) is 42.7 Å². The van der Waals surface area contributed by atoms with E-state index in [9.17, 15) is 0 Å². The Morgan fingerprint density at radius 3 is 2.19 bits per heavy atom. The number of methoxy groups -OCH3 is 1. The van der Waals surface area contributed by atoms with Gasteiger partial charge in [0, 0.05) is 11.1 Å². The fourth-order valence-corrected chi connectivity index (χ4v) is 4.28. The highest BCUT2D eigenvalue weighted by molar-refractivity contribution is 5.53. The van der Waals surface area contributed by atoms with Crippen molar-refractivity contribution in [3.05, 3.63) is 65.5 Å². The van der Waals surface area contributed by atoms with Crippen LogP contribution in [0.15, 0.2) is 52.9 Å². The van der Waals surface area contributed by atoms with Gasteiger partial charge in [0.25, 0.3) is 5.89 Å². The molecule has 1 aliphatic rings. The van der Waals surface area contributed by atoms with Crippen molar-refractivity contribution in [2.45, 2.75) is 39.3 Å². The number of aromatic nitrogens is 2. The minimum Gasteiger partial charge on any atom is -0.497 e. The molecule has 2 heterocycles. The van der Waals surface area contributed by atoms with Crippen LogP contribution in [0.5, 0.6) is 5.75 Å². The van der Waals surface area contributed by atoms with Crippen LogP contribution in [0.2, 0.25) is 0 Å². The Bertz CT molecular complexity index is 958. The second kappa shape index (κ2) is 9.62. The molecule has 0 bridgehead atoms. The standard InChI is InChI=1S/C25H32N4O2/c1-18(2)21-7-5-20(6-8-21)17-28-13-15-29(16-14-28)19(3)24-26-27-25(31-24)22-9-11-23(30-4)12-10-22/h5-12,18-19H,13-17H2,1-4H3/p+2/t19-/m1/s1. The molecule has 0 aliphatic carbocycles. The average molecular weight is 423 g/mol. The van der Waals surface area contributed by atoms with E-state index in [1.54, 1.807) is 12.0 Å². The molecule has 164 valence electrons. The Morgan fingerprint density at radius 2 is 1.58 bits per heavy atom. The van der Waals surface area contributed by atoms with E-state index in [-0.39, 0.29) is 6.04 Å². The first-order valence-electron chi connectivity index (χ1n) is 11.3. The molecular weight excluding hydrogens is 388 g/mol. The fraction of sp³-hybridized carbons (Fsp3) is 0.440. The molecular formula is C25H34N4O2+2. The second-order valence-corrected chi connectivity index (χ2v) is 8.88. The summed E-state index contributed by atoms with van der Waals surface area (Å²) in [6, 6.07) is 17.1. The molecule has 1 saturated heterocycles. The lowest BCUT2D eigenvalue weighted by Gasteiger charge is -2.32. The maximum absolute atomic E-state index is 6.02. The molecule has 2 aromatic carbocycles. The Labute approximate surface area is 184 Å². The van der Waals surface area contributed by atoms with Crippen molar-refractivity contribution in [1.82, 2.24) is 10.2 Å². The van der Waals surface area contributed by atoms with Crippen molar-refractivity contribution in [2.24, 2.45) is 0 Å². The van der Waals surface area contributed by atoms with Gasteiger partial charge in [-0.2, -0.15) is 0 Å². The first-order valence-corrected chi connectivity index (χ1v) is 11.3. The summed E-state index contributed by atoms with van der Waals surface area (Å²) >= 11 is 0. The predicted molar refractivity (Wildman–Crippen MR) is 120 cm³/mol. The van der Waals surface area contributed by atoms with E-state index in [1.165, 1.54) is 16.0 Å². The van der Waals surface area contributed by atoms with Crippen LogP contribution in [0.25, 0.3) is 11.5 Å². The lowest BCUT2D eigenvalue weighted by atomic mass is 10.0. The van der Waals surface area contributed by atoms with E-state index in [0.29, 0.717) is 17.7 Å². The summed E-state index contributed by atoms with van der Waals surface area (Å²) in [6.45, 7) is 12.3. The third kappa shape index (κ3) is 5.14. The van der Waals surface area contributed by atoms with Gasteiger partial charge in [0.15, 0.2) is 6.04 Å². The maximum atomic E-state index is 6.02. The number of benzene rings is 2. The van der Waals surface area contributed by atoms with Crippen LogP contribution < -0.4 is 14.5 Å². The van der Waals surface area contributed by atoms with E-state index in [4.69, 9.17) is 9.15 Å². The van der Waals surface area contributed by atoms with Crippen LogP contribution in [0.1, 0.15) is 49.7 Å². The molecule has 4 rings (SSSR count). The van der Waals surface area contributed by atoms with E-state index < -0.39 is 0 Å². The maximum Gasteiger partial charge on any atom is 0.274 e. The predicted octanol–water partition coefficient (Wildman–Crippen LogP) is 1.91. The second-order valence-electron chi connectivity index (χ2n) is 8.88. The van der Waals surface area contributed by atoms with E-state index in [1.807, 2.05) is 24.3 Å². The monoisotopic (exact) mass is 422 g/mol. The highest BCUT2D eigenvalue weighted by Gasteiger charge is 2.31. The molecule has 6 nitrogen and oxygen atoms in total. The molecule has 6 heteroatoms. The smallest absolute Gasteiger partial charge is 0.274 e. The van der Waals surface area contributed by atoms with Crippen LogP contribution in [0.3, 0.4) is 0 Å². The summed E-state index contributed by atoms with van der Waals surface area (Å²) in [5.41, 5.74) is 3.76. The lowest BCUT2D eigenvalue weighted by molar-refractivity contribution is -1.03. The SMILES string of the molecule is COc1ccc(-c2nnc([C@@H](C)[NH+]3CC[NH+](Cc4ccc(C(C)C)cc4)CC3)o2)cc1. The molecule has 31 heavy (non-hydrogen) atoms. The molecule has 0 amide bonds. The summed E-state index contributed by atoms with van der Waals surface area (Å²) in [5.74, 6) is 2.69. The number of hydrogen-bond donors (Lipinski definition) is 2. The normalized spacial score (nSPS) is 20.0. The molecule has 0 radical (unpaired) electrons. The summed E-state index contributed by atoms with van der Waals surface area (Å²) in [6.07, 6.45) is 0. The topological polar surface area (TPSA) is 57.0 Å². The number of nitrogens with zero attached hydrogens (tertiary/aromatic N) is 2. The number of rotatable bonds is 7. The number of piperazine rings is 1. The number of ether oxygens (including phenoxy) is 1. The Balaban J connectivity index is 1.32. The number of nitrogens with one attached hydrogen (secondary N) is 2. The van der Waals surface area contributed by atoms with Crippen molar-refractivity contribution in [3.63, 3.8) is 0 Å². The zero-order valence-corrected chi connectivity index (χ0v) is 19.0. The van der Waals surface area contributed by atoms with Crippen molar-refractivity contribution < 1.29 is 19.0 Å². The van der Waals surface area contributed by atoms with Crippen molar-refractivity contribution in [3.8, 4) is 17.2 Å². The number of hydrogen-bond acceptors (Lipinski definition) is 4. The van der Waals surface area contributed by atoms with Gasteiger partial charge in [-0.1, -0.05) is 38.1 Å². The van der Waals surface area contributed by atoms with Crippen molar-refractivity contribution in [2.75, 3.05) is 33.3 Å². The van der Waals surface area contributed by atoms with Gasteiger partial charge in [0.05, 0.1) is 7.11 Å². The van der Waals surface area contributed by atoms with Gasteiger partial charge in [-0.15, -0.1) is 10.2 Å². The van der Waals surface area contributed by atoms with Gasteiger partial charge >= 0.3 is 0 Å². The third-order valence-corrected chi connectivity index (χ3v) is 6.46. The quantitative estimate of drug-likeness (QED) is 0.611. The van der Waals surface area contributed by atoms with Gasteiger partial charge < -0.3 is 19.0 Å². The van der Waals surface area contributed by atoms with Crippen LogP contribution in [0, 0.1) is 0 Å².